The van der Waals surface area contributed by atoms with Crippen LogP contribution in [0.5, 0.6) is 5.75 Å². The van der Waals surface area contributed by atoms with E-state index in [0.29, 0.717) is 6.54 Å². The summed E-state index contributed by atoms with van der Waals surface area (Å²) in [5.74, 6) is 0.234. The zero-order valence-corrected chi connectivity index (χ0v) is 12.1. The molecule has 1 atom stereocenters. The Morgan fingerprint density at radius 2 is 1.81 bits per heavy atom. The maximum absolute atomic E-state index is 10.0. The minimum atomic E-state index is -1.61. The summed E-state index contributed by atoms with van der Waals surface area (Å²) in [5, 5.41) is 26.0. The largest absolute Gasteiger partial charge is 0.508 e. The number of aliphatic hydroxyl groups excluding tert-OH is 1. The van der Waals surface area contributed by atoms with E-state index in [1.807, 2.05) is 0 Å². The molecule has 1 aromatic rings. The molecule has 118 valence electrons. The molecule has 0 amide bonds. The Bertz CT molecular complexity index is 446. The van der Waals surface area contributed by atoms with Crippen LogP contribution in [0.4, 0.5) is 0 Å². The van der Waals surface area contributed by atoms with Crippen molar-refractivity contribution in [1.82, 2.24) is 10.2 Å². The number of hydrogen-bond acceptors (Lipinski definition) is 8. The average Bonchev–Trinajstić information content (AvgIpc) is 2.47. The lowest BCUT2D eigenvalue weighted by atomic mass is 10.1. The van der Waals surface area contributed by atoms with Crippen molar-refractivity contribution in [2.75, 3.05) is 32.7 Å². The Kier molecular flexibility index (Phi) is 6.51. The Labute approximate surface area is 125 Å². The summed E-state index contributed by atoms with van der Waals surface area (Å²) in [6, 6.07) is 6.75. The van der Waals surface area contributed by atoms with E-state index < -0.39 is 17.5 Å². The molecule has 2 aliphatic rings. The summed E-state index contributed by atoms with van der Waals surface area (Å²) in [6.45, 7) is 4.60. The predicted molar refractivity (Wildman–Crippen MR) is 73.8 cm³/mol. The van der Waals surface area contributed by atoms with Crippen LogP contribution >= 0.6 is 0 Å². The summed E-state index contributed by atoms with van der Waals surface area (Å²) in [5.41, 5.74) is 0.858. The summed E-state index contributed by atoms with van der Waals surface area (Å²) in [6.07, 6.45) is -0.473. The minimum Gasteiger partial charge on any atom is -0.508 e. The van der Waals surface area contributed by atoms with Gasteiger partial charge in [-0.15, -0.1) is 0 Å². The lowest BCUT2D eigenvalue weighted by molar-refractivity contribution is -0.469. The SMILES string of the molecule is O=S1OOO1.Oc1ccc(C(O)CN2CCNCC2)cc1. The van der Waals surface area contributed by atoms with E-state index in [-0.39, 0.29) is 5.75 Å². The Morgan fingerprint density at radius 1 is 1.24 bits per heavy atom. The summed E-state index contributed by atoms with van der Waals surface area (Å²) >= 11 is -1.61. The van der Waals surface area contributed by atoms with Crippen LogP contribution in [-0.4, -0.2) is 52.0 Å². The van der Waals surface area contributed by atoms with Crippen molar-refractivity contribution in [3.05, 3.63) is 29.8 Å². The second-order valence-corrected chi connectivity index (χ2v) is 5.25. The lowest BCUT2D eigenvalue weighted by Crippen LogP contribution is -2.44. The number of aliphatic hydroxyl groups is 1. The quantitative estimate of drug-likeness (QED) is 0.658. The molecule has 2 fully saturated rings. The molecular weight excluding hydrogens is 300 g/mol. The van der Waals surface area contributed by atoms with Crippen molar-refractivity contribution >= 4 is 11.4 Å². The van der Waals surface area contributed by atoms with Gasteiger partial charge in [-0.2, -0.15) is 4.21 Å². The standard InChI is InChI=1S/C12H18N2O2.O4S/c15-11-3-1-10(2-4-11)12(16)9-14-7-5-13-6-8-14;1-5-3-2-4-5/h1-4,12-13,15-16H,5-9H2;. The summed E-state index contributed by atoms with van der Waals surface area (Å²) < 4.78 is 16.8. The van der Waals surface area contributed by atoms with E-state index in [4.69, 9.17) is 5.11 Å². The number of piperazine rings is 1. The molecule has 0 spiro atoms. The molecule has 3 N–H and O–H groups in total. The van der Waals surface area contributed by atoms with Crippen LogP contribution in [0.2, 0.25) is 0 Å². The van der Waals surface area contributed by atoms with Crippen molar-refractivity contribution in [2.45, 2.75) is 6.10 Å². The molecule has 2 aliphatic heterocycles. The van der Waals surface area contributed by atoms with Gasteiger partial charge < -0.3 is 15.5 Å². The molecule has 21 heavy (non-hydrogen) atoms. The van der Waals surface area contributed by atoms with Gasteiger partial charge in [0.2, 0.25) is 0 Å². The first-order valence-electron chi connectivity index (χ1n) is 6.49. The van der Waals surface area contributed by atoms with Crippen LogP contribution in [0.3, 0.4) is 0 Å². The molecule has 0 bridgehead atoms. The van der Waals surface area contributed by atoms with Gasteiger partial charge in [0.15, 0.2) is 0 Å². The molecule has 0 aromatic heterocycles. The number of nitrogens with zero attached hydrogens (tertiary/aromatic N) is 1. The predicted octanol–water partition coefficient (Wildman–Crippen LogP) is -0.211. The highest BCUT2D eigenvalue weighted by Gasteiger charge is 2.15. The van der Waals surface area contributed by atoms with Crippen LogP contribution in [-0.2, 0) is 25.1 Å². The van der Waals surface area contributed by atoms with Gasteiger partial charge >= 0.3 is 11.4 Å². The fourth-order valence-corrected chi connectivity index (χ4v) is 2.09. The van der Waals surface area contributed by atoms with Gasteiger partial charge in [-0.1, -0.05) is 20.8 Å². The molecule has 0 radical (unpaired) electrons. The number of aromatic hydroxyl groups is 1. The fraction of sp³-hybridized carbons (Fsp3) is 0.500. The number of rotatable bonds is 3. The molecule has 3 rings (SSSR count). The monoisotopic (exact) mass is 318 g/mol. The van der Waals surface area contributed by atoms with Crippen LogP contribution in [0.15, 0.2) is 24.3 Å². The van der Waals surface area contributed by atoms with E-state index in [0.717, 1.165) is 31.7 Å². The number of hydrogen-bond donors (Lipinski definition) is 3. The molecule has 2 heterocycles. The molecule has 1 aromatic carbocycles. The molecule has 0 aliphatic carbocycles. The smallest absolute Gasteiger partial charge is 0.367 e. The van der Waals surface area contributed by atoms with Crippen LogP contribution in [0.25, 0.3) is 0 Å². The van der Waals surface area contributed by atoms with Gasteiger partial charge in [-0.05, 0) is 22.7 Å². The van der Waals surface area contributed by atoms with Gasteiger partial charge in [0.05, 0.1) is 6.10 Å². The number of benzene rings is 1. The van der Waals surface area contributed by atoms with Gasteiger partial charge in [-0.25, -0.2) is 0 Å². The van der Waals surface area contributed by atoms with Crippen molar-refractivity contribution in [2.24, 2.45) is 0 Å². The van der Waals surface area contributed by atoms with Gasteiger partial charge in [-0.3, -0.25) is 4.90 Å². The molecule has 8 nitrogen and oxygen atoms in total. The highest BCUT2D eigenvalue weighted by Crippen LogP contribution is 2.17. The molecule has 9 heteroatoms. The highest BCUT2D eigenvalue weighted by molar-refractivity contribution is 7.75. The first-order chi connectivity index (χ1) is 10.1. The van der Waals surface area contributed by atoms with Crippen LogP contribution < -0.4 is 5.32 Å². The second kappa shape index (κ2) is 8.39. The van der Waals surface area contributed by atoms with E-state index in [1.54, 1.807) is 24.3 Å². The van der Waals surface area contributed by atoms with Gasteiger partial charge in [0.1, 0.15) is 5.75 Å². The first-order valence-corrected chi connectivity index (χ1v) is 7.49. The third-order valence-electron chi connectivity index (χ3n) is 3.09. The van der Waals surface area contributed by atoms with E-state index in [2.05, 4.69) is 23.9 Å². The van der Waals surface area contributed by atoms with Crippen molar-refractivity contribution in [3.63, 3.8) is 0 Å². The average molecular weight is 318 g/mol. The number of phenolic OH excluding ortho intramolecular Hbond substituents is 1. The third kappa shape index (κ3) is 5.67. The first kappa shape index (κ1) is 16.3. The molecule has 2 saturated heterocycles. The maximum Gasteiger partial charge on any atom is 0.367 e. The lowest BCUT2D eigenvalue weighted by Gasteiger charge is -2.29. The number of phenols is 1. The Morgan fingerprint density at radius 3 is 2.29 bits per heavy atom. The fourth-order valence-electron chi connectivity index (χ4n) is 1.99. The van der Waals surface area contributed by atoms with Crippen LogP contribution in [0.1, 0.15) is 11.7 Å². The topological polar surface area (TPSA) is 100 Å². The molecular formula is C12H18N2O6S. The zero-order chi connectivity index (χ0) is 15.1. The van der Waals surface area contributed by atoms with Crippen molar-refractivity contribution < 1.29 is 28.1 Å². The Hall–Kier alpha value is -1.07. The van der Waals surface area contributed by atoms with E-state index in [1.165, 1.54) is 0 Å². The van der Waals surface area contributed by atoms with E-state index in [9.17, 15) is 9.32 Å². The van der Waals surface area contributed by atoms with Crippen LogP contribution in [0, 0.1) is 0 Å². The third-order valence-corrected chi connectivity index (χ3v) is 3.42. The normalized spacial score (nSPS) is 21.0. The zero-order valence-electron chi connectivity index (χ0n) is 11.3. The van der Waals surface area contributed by atoms with Crippen molar-refractivity contribution in [3.8, 4) is 5.75 Å². The summed E-state index contributed by atoms with van der Waals surface area (Å²) in [4.78, 5) is 2.24. The van der Waals surface area contributed by atoms with E-state index >= 15 is 0 Å². The number of nitrogens with one attached hydrogen (secondary N) is 1. The number of β-amino-alcohol motifs (C(OH)–C–C–N with tert-alkyl or cyclic N) is 1. The highest BCUT2D eigenvalue weighted by atomic mass is 32.2. The Balaban J connectivity index is 0.000000272. The second-order valence-electron chi connectivity index (χ2n) is 4.57. The minimum absolute atomic E-state index is 0.234. The molecule has 1 unspecified atom stereocenters. The van der Waals surface area contributed by atoms with Crippen molar-refractivity contribution in [1.29, 1.82) is 0 Å². The molecule has 0 saturated carbocycles. The van der Waals surface area contributed by atoms with Gasteiger partial charge in [0, 0.05) is 32.7 Å². The summed E-state index contributed by atoms with van der Waals surface area (Å²) in [7, 11) is 0. The maximum atomic E-state index is 10.0. The van der Waals surface area contributed by atoms with Gasteiger partial charge in [0.25, 0.3) is 0 Å².